The summed E-state index contributed by atoms with van der Waals surface area (Å²) in [6.07, 6.45) is 0.265. The van der Waals surface area contributed by atoms with E-state index < -0.39 is 0 Å². The maximum atomic E-state index is 12.1. The number of aromatic nitrogens is 3. The molecule has 2 heterocycles. The number of thiazole rings is 1. The third-order valence-corrected chi connectivity index (χ3v) is 4.14. The first-order valence-electron chi connectivity index (χ1n) is 7.13. The molecule has 0 radical (unpaired) electrons. The molecule has 0 saturated heterocycles. The van der Waals surface area contributed by atoms with Gasteiger partial charge in [-0.2, -0.15) is 0 Å². The van der Waals surface area contributed by atoms with Gasteiger partial charge in [-0.15, -0.1) is 16.4 Å². The molecule has 6 nitrogen and oxygen atoms in total. The maximum Gasteiger partial charge on any atom is 0.322 e. The molecule has 0 unspecified atom stereocenters. The van der Waals surface area contributed by atoms with E-state index in [1.807, 2.05) is 44.4 Å². The van der Waals surface area contributed by atoms with Crippen molar-refractivity contribution in [3.05, 3.63) is 45.3 Å². The van der Waals surface area contributed by atoms with Crippen LogP contribution in [0.25, 0.3) is 11.6 Å². The third kappa shape index (κ3) is 3.62. The largest absolute Gasteiger partial charge is 0.401 e. The summed E-state index contributed by atoms with van der Waals surface area (Å²) in [4.78, 5) is 16.4. The Bertz CT molecular complexity index is 853. The van der Waals surface area contributed by atoms with E-state index in [-0.39, 0.29) is 18.3 Å². The number of carbonyl (C=O) groups is 1. The fraction of sp³-hybridized carbons (Fsp3) is 0.250. The van der Waals surface area contributed by atoms with Crippen molar-refractivity contribution in [2.45, 2.75) is 27.2 Å². The van der Waals surface area contributed by atoms with Crippen LogP contribution in [-0.2, 0) is 11.2 Å². The summed E-state index contributed by atoms with van der Waals surface area (Å²) in [7, 11) is 0. The Morgan fingerprint density at radius 1 is 1.26 bits per heavy atom. The fourth-order valence-electron chi connectivity index (χ4n) is 2.17. The van der Waals surface area contributed by atoms with Crippen LogP contribution >= 0.6 is 11.3 Å². The van der Waals surface area contributed by atoms with Crippen molar-refractivity contribution in [3.8, 4) is 11.6 Å². The van der Waals surface area contributed by atoms with Gasteiger partial charge in [-0.3, -0.25) is 10.1 Å². The topological polar surface area (TPSA) is 80.9 Å². The molecule has 23 heavy (non-hydrogen) atoms. The molecule has 1 N–H and O–H groups in total. The second-order valence-electron chi connectivity index (χ2n) is 5.32. The van der Waals surface area contributed by atoms with E-state index in [0.717, 1.165) is 21.7 Å². The summed E-state index contributed by atoms with van der Waals surface area (Å²) in [5.41, 5.74) is 3.81. The predicted molar refractivity (Wildman–Crippen MR) is 88.4 cm³/mol. The number of carbonyl (C=O) groups excluding carboxylic acids is 1. The van der Waals surface area contributed by atoms with E-state index in [0.29, 0.717) is 11.6 Å². The Labute approximate surface area is 137 Å². The van der Waals surface area contributed by atoms with Gasteiger partial charge in [-0.05, 0) is 31.9 Å². The molecule has 3 aromatic rings. The van der Waals surface area contributed by atoms with Gasteiger partial charge in [0, 0.05) is 5.38 Å². The quantitative estimate of drug-likeness (QED) is 0.795. The Kier molecular flexibility index (Phi) is 4.20. The summed E-state index contributed by atoms with van der Waals surface area (Å²) in [6, 6.07) is 6.12. The summed E-state index contributed by atoms with van der Waals surface area (Å²) < 4.78 is 5.44. The van der Waals surface area contributed by atoms with Crippen LogP contribution in [0.3, 0.4) is 0 Å². The number of rotatable bonds is 4. The number of aryl methyl sites for hydroxylation is 3. The first-order valence-corrected chi connectivity index (χ1v) is 8.01. The van der Waals surface area contributed by atoms with Crippen LogP contribution in [0, 0.1) is 20.8 Å². The lowest BCUT2D eigenvalue weighted by atomic mass is 10.0. The Morgan fingerprint density at radius 3 is 2.83 bits per heavy atom. The van der Waals surface area contributed by atoms with Gasteiger partial charge in [0.15, 0.2) is 0 Å². The van der Waals surface area contributed by atoms with Gasteiger partial charge in [0.1, 0.15) is 5.69 Å². The zero-order valence-electron chi connectivity index (χ0n) is 13.1. The van der Waals surface area contributed by atoms with Gasteiger partial charge >= 0.3 is 6.01 Å². The number of benzene rings is 1. The highest BCUT2D eigenvalue weighted by Crippen LogP contribution is 2.21. The zero-order chi connectivity index (χ0) is 16.4. The highest BCUT2D eigenvalue weighted by atomic mass is 32.1. The van der Waals surface area contributed by atoms with Crippen LogP contribution in [0.15, 0.2) is 28.0 Å². The number of hydrogen-bond acceptors (Lipinski definition) is 6. The highest BCUT2D eigenvalue weighted by molar-refractivity contribution is 7.09. The SMILES string of the molecule is Cc1ccc(C)c(CC(=O)Nc2nnc(-c3csc(C)n3)o2)c1. The maximum absolute atomic E-state index is 12.1. The lowest BCUT2D eigenvalue weighted by Gasteiger charge is -2.06. The molecule has 0 atom stereocenters. The molecule has 3 rings (SSSR count). The van der Waals surface area contributed by atoms with Gasteiger partial charge in [-0.1, -0.05) is 28.9 Å². The molecule has 0 bridgehead atoms. The van der Waals surface area contributed by atoms with Crippen LogP contribution < -0.4 is 5.32 Å². The summed E-state index contributed by atoms with van der Waals surface area (Å²) in [5.74, 6) is 0.111. The normalized spacial score (nSPS) is 10.7. The number of nitrogens with zero attached hydrogens (tertiary/aromatic N) is 3. The van der Waals surface area contributed by atoms with Crippen molar-refractivity contribution in [2.75, 3.05) is 5.32 Å². The second-order valence-corrected chi connectivity index (χ2v) is 6.38. The molecule has 1 amide bonds. The molecule has 2 aromatic heterocycles. The van der Waals surface area contributed by atoms with Crippen LogP contribution in [-0.4, -0.2) is 21.1 Å². The van der Waals surface area contributed by atoms with E-state index in [1.54, 1.807) is 0 Å². The number of anilines is 1. The number of hydrogen-bond donors (Lipinski definition) is 1. The number of nitrogens with one attached hydrogen (secondary N) is 1. The van der Waals surface area contributed by atoms with Crippen LogP contribution in [0.1, 0.15) is 21.7 Å². The molecule has 118 valence electrons. The average molecular weight is 328 g/mol. The van der Waals surface area contributed by atoms with Gasteiger partial charge in [0.25, 0.3) is 5.89 Å². The molecule has 1 aromatic carbocycles. The fourth-order valence-corrected chi connectivity index (χ4v) is 2.75. The van der Waals surface area contributed by atoms with E-state index in [9.17, 15) is 4.79 Å². The molecule has 0 aliphatic rings. The minimum Gasteiger partial charge on any atom is -0.401 e. The van der Waals surface area contributed by atoms with E-state index in [2.05, 4.69) is 20.5 Å². The average Bonchev–Trinajstić information content (AvgIpc) is 3.12. The molecule has 0 spiro atoms. The van der Waals surface area contributed by atoms with Crippen molar-refractivity contribution in [1.82, 2.24) is 15.2 Å². The summed E-state index contributed by atoms with van der Waals surface area (Å²) >= 11 is 1.50. The predicted octanol–water partition coefficient (Wildman–Crippen LogP) is 3.30. The summed E-state index contributed by atoms with van der Waals surface area (Å²) in [6.45, 7) is 5.88. The zero-order valence-corrected chi connectivity index (χ0v) is 13.9. The molecule has 0 fully saturated rings. The third-order valence-electron chi connectivity index (χ3n) is 3.37. The summed E-state index contributed by atoms with van der Waals surface area (Å²) in [5, 5.41) is 13.1. The lowest BCUT2D eigenvalue weighted by molar-refractivity contribution is -0.115. The van der Waals surface area contributed by atoms with Crippen molar-refractivity contribution < 1.29 is 9.21 Å². The Morgan fingerprint density at radius 2 is 2.09 bits per heavy atom. The van der Waals surface area contributed by atoms with E-state index in [4.69, 9.17) is 4.42 Å². The van der Waals surface area contributed by atoms with Gasteiger partial charge in [0.2, 0.25) is 5.91 Å². The Balaban J connectivity index is 1.69. The molecular formula is C16H16N4O2S. The van der Waals surface area contributed by atoms with E-state index >= 15 is 0 Å². The molecular weight excluding hydrogens is 312 g/mol. The number of amides is 1. The highest BCUT2D eigenvalue weighted by Gasteiger charge is 2.14. The van der Waals surface area contributed by atoms with Crippen LogP contribution in [0.4, 0.5) is 6.01 Å². The molecule has 7 heteroatoms. The van der Waals surface area contributed by atoms with E-state index in [1.165, 1.54) is 11.3 Å². The monoisotopic (exact) mass is 328 g/mol. The van der Waals surface area contributed by atoms with Gasteiger partial charge < -0.3 is 4.42 Å². The second kappa shape index (κ2) is 6.29. The first-order chi connectivity index (χ1) is 11.0. The minimum atomic E-state index is -0.191. The Hall–Kier alpha value is -2.54. The van der Waals surface area contributed by atoms with Gasteiger partial charge in [-0.25, -0.2) is 4.98 Å². The standard InChI is InChI=1S/C16H16N4O2S/c1-9-4-5-10(2)12(6-9)7-14(21)18-16-20-19-15(22-16)13-8-23-11(3)17-13/h4-6,8H,7H2,1-3H3,(H,18,20,21). The molecule has 0 aliphatic heterocycles. The minimum absolute atomic E-state index is 0.0842. The smallest absolute Gasteiger partial charge is 0.322 e. The van der Waals surface area contributed by atoms with Crippen molar-refractivity contribution in [3.63, 3.8) is 0 Å². The lowest BCUT2D eigenvalue weighted by Crippen LogP contribution is -2.15. The first kappa shape index (κ1) is 15.4. The molecule has 0 saturated carbocycles. The van der Waals surface area contributed by atoms with Crippen LogP contribution in [0.5, 0.6) is 0 Å². The van der Waals surface area contributed by atoms with Crippen LogP contribution in [0.2, 0.25) is 0 Å². The van der Waals surface area contributed by atoms with Gasteiger partial charge in [0.05, 0.1) is 11.4 Å². The molecule has 0 aliphatic carbocycles. The van der Waals surface area contributed by atoms with Crippen molar-refractivity contribution in [1.29, 1.82) is 0 Å². The van der Waals surface area contributed by atoms with Crippen molar-refractivity contribution in [2.24, 2.45) is 0 Å². The van der Waals surface area contributed by atoms with Crippen molar-refractivity contribution >= 4 is 23.3 Å².